The monoisotopic (exact) mass is 236 g/mol. The SMILES string of the molecule is CCn1ccnc1C(NN)C1CCCCCC1. The average Bonchev–Trinajstić information content (AvgIpc) is 2.65. The first-order chi connectivity index (χ1) is 8.36. The number of nitrogens with zero attached hydrogens (tertiary/aromatic N) is 2. The van der Waals surface area contributed by atoms with E-state index in [-0.39, 0.29) is 6.04 Å². The first-order valence-electron chi connectivity index (χ1n) is 6.84. The number of hydrazine groups is 1. The lowest BCUT2D eigenvalue weighted by Gasteiger charge is -2.25. The molecule has 0 amide bonds. The maximum Gasteiger partial charge on any atom is 0.127 e. The normalized spacial score (nSPS) is 20.1. The van der Waals surface area contributed by atoms with E-state index in [1.165, 1.54) is 38.5 Å². The van der Waals surface area contributed by atoms with E-state index >= 15 is 0 Å². The van der Waals surface area contributed by atoms with Crippen molar-refractivity contribution in [2.24, 2.45) is 11.8 Å². The lowest BCUT2D eigenvalue weighted by molar-refractivity contribution is 0.310. The summed E-state index contributed by atoms with van der Waals surface area (Å²) in [6.07, 6.45) is 11.9. The quantitative estimate of drug-likeness (QED) is 0.479. The Balaban J connectivity index is 2.14. The van der Waals surface area contributed by atoms with Crippen molar-refractivity contribution in [2.45, 2.75) is 58.0 Å². The molecule has 96 valence electrons. The minimum atomic E-state index is 0.211. The predicted molar refractivity (Wildman–Crippen MR) is 69.2 cm³/mol. The van der Waals surface area contributed by atoms with E-state index in [2.05, 4.69) is 21.9 Å². The van der Waals surface area contributed by atoms with Crippen molar-refractivity contribution in [3.63, 3.8) is 0 Å². The fourth-order valence-electron chi connectivity index (χ4n) is 2.93. The average molecular weight is 236 g/mol. The van der Waals surface area contributed by atoms with Gasteiger partial charge in [0.25, 0.3) is 0 Å². The van der Waals surface area contributed by atoms with Crippen LogP contribution in [-0.2, 0) is 6.54 Å². The zero-order valence-electron chi connectivity index (χ0n) is 10.7. The summed E-state index contributed by atoms with van der Waals surface area (Å²) in [6.45, 7) is 3.10. The largest absolute Gasteiger partial charge is 0.334 e. The lowest BCUT2D eigenvalue weighted by atomic mass is 9.91. The van der Waals surface area contributed by atoms with E-state index in [1.807, 2.05) is 12.4 Å². The summed E-state index contributed by atoms with van der Waals surface area (Å²) < 4.78 is 2.19. The van der Waals surface area contributed by atoms with Crippen LogP contribution < -0.4 is 11.3 Å². The zero-order valence-corrected chi connectivity index (χ0v) is 10.7. The van der Waals surface area contributed by atoms with Gasteiger partial charge in [-0.15, -0.1) is 0 Å². The second-order valence-corrected chi connectivity index (χ2v) is 4.97. The number of rotatable bonds is 4. The predicted octanol–water partition coefficient (Wildman–Crippen LogP) is 2.38. The molecular formula is C13H24N4. The van der Waals surface area contributed by atoms with Crippen LogP contribution in [0.1, 0.15) is 57.3 Å². The third-order valence-corrected chi connectivity index (χ3v) is 3.92. The molecule has 1 aliphatic carbocycles. The van der Waals surface area contributed by atoms with E-state index in [1.54, 1.807) is 0 Å². The topological polar surface area (TPSA) is 55.9 Å². The molecule has 1 aromatic heterocycles. The first kappa shape index (κ1) is 12.6. The van der Waals surface area contributed by atoms with E-state index in [4.69, 9.17) is 5.84 Å². The van der Waals surface area contributed by atoms with Gasteiger partial charge in [-0.1, -0.05) is 25.7 Å². The number of nitrogens with one attached hydrogen (secondary N) is 1. The van der Waals surface area contributed by atoms with Gasteiger partial charge < -0.3 is 4.57 Å². The summed E-state index contributed by atoms with van der Waals surface area (Å²) in [5, 5.41) is 0. The van der Waals surface area contributed by atoms with Gasteiger partial charge in [-0.2, -0.15) is 0 Å². The van der Waals surface area contributed by atoms with Crippen molar-refractivity contribution >= 4 is 0 Å². The summed E-state index contributed by atoms with van der Waals surface area (Å²) in [7, 11) is 0. The van der Waals surface area contributed by atoms with Crippen molar-refractivity contribution in [1.82, 2.24) is 15.0 Å². The smallest absolute Gasteiger partial charge is 0.127 e. The fraction of sp³-hybridized carbons (Fsp3) is 0.769. The third-order valence-electron chi connectivity index (χ3n) is 3.92. The molecule has 17 heavy (non-hydrogen) atoms. The highest BCUT2D eigenvalue weighted by atomic mass is 15.3. The Morgan fingerprint density at radius 2 is 2.12 bits per heavy atom. The molecule has 1 aliphatic rings. The highest BCUT2D eigenvalue weighted by Crippen LogP contribution is 2.32. The number of nitrogens with two attached hydrogens (primary N) is 1. The van der Waals surface area contributed by atoms with Crippen LogP contribution in [0.25, 0.3) is 0 Å². The number of hydrogen-bond acceptors (Lipinski definition) is 3. The maximum atomic E-state index is 5.77. The third kappa shape index (κ3) is 2.87. The summed E-state index contributed by atoms with van der Waals surface area (Å²) in [5.74, 6) is 7.50. The van der Waals surface area contributed by atoms with Gasteiger partial charge in [-0.3, -0.25) is 5.84 Å². The van der Waals surface area contributed by atoms with Gasteiger partial charge >= 0.3 is 0 Å². The Morgan fingerprint density at radius 1 is 1.41 bits per heavy atom. The second-order valence-electron chi connectivity index (χ2n) is 4.97. The second kappa shape index (κ2) is 6.17. The Morgan fingerprint density at radius 3 is 2.71 bits per heavy atom. The zero-order chi connectivity index (χ0) is 12.1. The van der Waals surface area contributed by atoms with Gasteiger partial charge in [0.15, 0.2) is 0 Å². The highest BCUT2D eigenvalue weighted by Gasteiger charge is 2.26. The van der Waals surface area contributed by atoms with E-state index in [0.717, 1.165) is 12.4 Å². The van der Waals surface area contributed by atoms with Gasteiger partial charge in [0.1, 0.15) is 5.82 Å². The molecule has 2 rings (SSSR count). The molecule has 4 heteroatoms. The standard InChI is InChI=1S/C13H24N4/c1-2-17-10-9-15-13(17)12(16-14)11-7-5-3-4-6-8-11/h9-12,16H,2-8,14H2,1H3. The van der Waals surface area contributed by atoms with Gasteiger partial charge in [0.05, 0.1) is 6.04 Å². The van der Waals surface area contributed by atoms with Crippen molar-refractivity contribution in [3.8, 4) is 0 Å². The molecule has 1 unspecified atom stereocenters. The molecule has 0 bridgehead atoms. The molecule has 0 aromatic carbocycles. The molecule has 1 atom stereocenters. The molecule has 1 saturated carbocycles. The molecule has 0 spiro atoms. The highest BCUT2D eigenvalue weighted by molar-refractivity contribution is 5.01. The van der Waals surface area contributed by atoms with Gasteiger partial charge in [0.2, 0.25) is 0 Å². The van der Waals surface area contributed by atoms with Crippen LogP contribution in [0.2, 0.25) is 0 Å². The van der Waals surface area contributed by atoms with Crippen LogP contribution >= 0.6 is 0 Å². The van der Waals surface area contributed by atoms with E-state index in [0.29, 0.717) is 5.92 Å². The molecule has 4 nitrogen and oxygen atoms in total. The van der Waals surface area contributed by atoms with Crippen molar-refractivity contribution in [1.29, 1.82) is 0 Å². The Labute approximate surface area is 104 Å². The molecule has 1 aromatic rings. The molecule has 0 radical (unpaired) electrons. The van der Waals surface area contributed by atoms with Crippen LogP contribution in [0, 0.1) is 5.92 Å². The maximum absolute atomic E-state index is 5.77. The van der Waals surface area contributed by atoms with Crippen LogP contribution in [0.15, 0.2) is 12.4 Å². The van der Waals surface area contributed by atoms with E-state index in [9.17, 15) is 0 Å². The van der Waals surface area contributed by atoms with Gasteiger partial charge in [-0.05, 0) is 25.7 Å². The minimum absolute atomic E-state index is 0.211. The minimum Gasteiger partial charge on any atom is -0.334 e. The number of imidazole rings is 1. The molecule has 0 saturated heterocycles. The number of aryl methyl sites for hydroxylation is 1. The van der Waals surface area contributed by atoms with Crippen molar-refractivity contribution in [2.75, 3.05) is 0 Å². The fourth-order valence-corrected chi connectivity index (χ4v) is 2.93. The van der Waals surface area contributed by atoms with Crippen molar-refractivity contribution < 1.29 is 0 Å². The number of hydrogen-bond donors (Lipinski definition) is 2. The summed E-state index contributed by atoms with van der Waals surface area (Å²) in [5.41, 5.74) is 2.99. The molecule has 1 heterocycles. The van der Waals surface area contributed by atoms with Crippen LogP contribution in [0.3, 0.4) is 0 Å². The van der Waals surface area contributed by atoms with Gasteiger partial charge in [-0.25, -0.2) is 10.4 Å². The van der Waals surface area contributed by atoms with Gasteiger partial charge in [0, 0.05) is 18.9 Å². The first-order valence-corrected chi connectivity index (χ1v) is 6.84. The molecular weight excluding hydrogens is 212 g/mol. The Hall–Kier alpha value is -0.870. The number of aromatic nitrogens is 2. The molecule has 0 aliphatic heterocycles. The van der Waals surface area contributed by atoms with Crippen LogP contribution in [0.4, 0.5) is 0 Å². The summed E-state index contributed by atoms with van der Waals surface area (Å²) >= 11 is 0. The molecule has 1 fully saturated rings. The molecule has 3 N–H and O–H groups in total. The van der Waals surface area contributed by atoms with Crippen molar-refractivity contribution in [3.05, 3.63) is 18.2 Å². The summed E-state index contributed by atoms with van der Waals surface area (Å²) in [6, 6.07) is 0.211. The Bertz CT molecular complexity index is 326. The van der Waals surface area contributed by atoms with Crippen LogP contribution in [-0.4, -0.2) is 9.55 Å². The lowest BCUT2D eigenvalue weighted by Crippen LogP contribution is -2.35. The van der Waals surface area contributed by atoms with E-state index < -0.39 is 0 Å². The van der Waals surface area contributed by atoms with Crippen LogP contribution in [0.5, 0.6) is 0 Å². The summed E-state index contributed by atoms with van der Waals surface area (Å²) in [4.78, 5) is 4.48. The Kier molecular flexibility index (Phi) is 4.57.